The average Bonchev–Trinajstić information content (AvgIpc) is 3.62. The highest BCUT2D eigenvalue weighted by Crippen LogP contribution is 2.26. The summed E-state index contributed by atoms with van der Waals surface area (Å²) in [5.74, 6) is -1.35. The summed E-state index contributed by atoms with van der Waals surface area (Å²) in [7, 11) is 0. The second-order valence-corrected chi connectivity index (χ2v) is 9.80. The van der Waals surface area contributed by atoms with Gasteiger partial charge < -0.3 is 15.0 Å². The predicted molar refractivity (Wildman–Crippen MR) is 145 cm³/mol. The molecular formula is C30H32FN5O3. The minimum atomic E-state index is -1.17. The summed E-state index contributed by atoms with van der Waals surface area (Å²) < 4.78 is 22.4. The van der Waals surface area contributed by atoms with Crippen LogP contribution >= 0.6 is 0 Å². The zero-order valence-electron chi connectivity index (χ0n) is 21.9. The molecule has 0 spiro atoms. The van der Waals surface area contributed by atoms with Crippen molar-refractivity contribution in [2.24, 2.45) is 0 Å². The molecule has 0 saturated carbocycles. The molecule has 2 atom stereocenters. The van der Waals surface area contributed by atoms with Crippen molar-refractivity contribution in [2.75, 3.05) is 19.7 Å². The number of rotatable bonds is 10. The first-order valence-corrected chi connectivity index (χ1v) is 13.3. The second kappa shape index (κ2) is 12.2. The Bertz CT molecular complexity index is 1450. The van der Waals surface area contributed by atoms with Crippen LogP contribution in [0.3, 0.4) is 0 Å². The van der Waals surface area contributed by atoms with Crippen LogP contribution in [-0.2, 0) is 27.3 Å². The summed E-state index contributed by atoms with van der Waals surface area (Å²) in [5, 5.41) is 11.2. The molecule has 0 aliphatic carbocycles. The molecule has 1 fully saturated rings. The molecule has 1 aromatic heterocycles. The Labute approximate surface area is 226 Å². The first kappa shape index (κ1) is 26.5. The maximum Gasteiger partial charge on any atom is 0.247 e. The summed E-state index contributed by atoms with van der Waals surface area (Å²) >= 11 is 0. The van der Waals surface area contributed by atoms with E-state index >= 15 is 4.39 Å². The lowest BCUT2D eigenvalue weighted by Gasteiger charge is -2.32. The number of carbonyl (C=O) groups excluding carboxylic acids is 2. The molecule has 202 valence electrons. The van der Waals surface area contributed by atoms with Gasteiger partial charge in [-0.25, -0.2) is 9.07 Å². The van der Waals surface area contributed by atoms with E-state index in [2.05, 4.69) is 15.6 Å². The molecule has 3 aromatic carbocycles. The molecule has 1 saturated heterocycles. The molecule has 0 radical (unpaired) electrons. The van der Waals surface area contributed by atoms with Crippen LogP contribution in [0.2, 0.25) is 0 Å². The van der Waals surface area contributed by atoms with Crippen molar-refractivity contribution >= 4 is 22.8 Å². The van der Waals surface area contributed by atoms with Gasteiger partial charge in [0.2, 0.25) is 11.8 Å². The van der Waals surface area contributed by atoms with Crippen LogP contribution in [0, 0.1) is 12.7 Å². The van der Waals surface area contributed by atoms with E-state index in [9.17, 15) is 9.59 Å². The number of carbonyl (C=O) groups is 2. The monoisotopic (exact) mass is 529 g/mol. The first-order chi connectivity index (χ1) is 19.0. The number of hydrogen-bond acceptors (Lipinski definition) is 5. The Balaban J connectivity index is 1.48. The van der Waals surface area contributed by atoms with E-state index in [-0.39, 0.29) is 30.7 Å². The Morgan fingerprint density at radius 2 is 1.87 bits per heavy atom. The highest BCUT2D eigenvalue weighted by Gasteiger charge is 2.34. The number of halogens is 1. The number of aromatic nitrogens is 3. The maximum atomic E-state index is 15.2. The van der Waals surface area contributed by atoms with Gasteiger partial charge in [0.1, 0.15) is 23.9 Å². The predicted octanol–water partition coefficient (Wildman–Crippen LogP) is 3.99. The third-order valence-electron chi connectivity index (χ3n) is 7.20. The van der Waals surface area contributed by atoms with Gasteiger partial charge in [0.15, 0.2) is 0 Å². The third kappa shape index (κ3) is 6.15. The minimum absolute atomic E-state index is 0.0900. The zero-order chi connectivity index (χ0) is 27.2. The fraction of sp³-hybridized carbons (Fsp3) is 0.333. The summed E-state index contributed by atoms with van der Waals surface area (Å²) in [5.41, 5.74) is 3.64. The van der Waals surface area contributed by atoms with Crippen LogP contribution in [0.15, 0.2) is 72.8 Å². The highest BCUT2D eigenvalue weighted by atomic mass is 19.1. The number of nitrogens with zero attached hydrogens (tertiary/aromatic N) is 4. The standard InChI is InChI=1S/C30H32FN5O3/c1-21-9-2-3-10-22(21)16-17-35(28(37)20-36-27-15-7-6-14-26(27)33-34-36)29(24-12-4-5-13-25(24)31)30(38)32-19-23-11-8-18-39-23/h2-7,9-10,12-15,23,29H,8,11,16-20H2,1H3,(H,32,38)/t23-,29-/m1/s1. The summed E-state index contributed by atoms with van der Waals surface area (Å²) in [6.45, 7) is 3.04. The van der Waals surface area contributed by atoms with Crippen LogP contribution in [-0.4, -0.2) is 57.5 Å². The molecule has 1 aliphatic heterocycles. The number of nitrogens with one attached hydrogen (secondary N) is 1. The highest BCUT2D eigenvalue weighted by molar-refractivity contribution is 5.89. The van der Waals surface area contributed by atoms with Gasteiger partial charge >= 0.3 is 0 Å². The van der Waals surface area contributed by atoms with Gasteiger partial charge in [-0.1, -0.05) is 59.8 Å². The molecule has 0 unspecified atom stereocenters. The smallest absolute Gasteiger partial charge is 0.247 e. The van der Waals surface area contributed by atoms with Crippen LogP contribution < -0.4 is 5.32 Å². The Hall–Kier alpha value is -4.11. The van der Waals surface area contributed by atoms with Gasteiger partial charge in [0, 0.05) is 25.3 Å². The molecule has 0 bridgehead atoms. The molecule has 1 N–H and O–H groups in total. The third-order valence-corrected chi connectivity index (χ3v) is 7.20. The van der Waals surface area contributed by atoms with E-state index in [0.29, 0.717) is 30.6 Å². The van der Waals surface area contributed by atoms with Gasteiger partial charge in [0.05, 0.1) is 11.6 Å². The summed E-state index contributed by atoms with van der Waals surface area (Å²) in [6.07, 6.45) is 2.19. The van der Waals surface area contributed by atoms with Crippen LogP contribution in [0.25, 0.3) is 11.0 Å². The van der Waals surface area contributed by atoms with Crippen molar-refractivity contribution in [2.45, 2.75) is 44.9 Å². The average molecular weight is 530 g/mol. The van der Waals surface area contributed by atoms with E-state index in [1.807, 2.05) is 55.5 Å². The summed E-state index contributed by atoms with van der Waals surface area (Å²) in [6, 6.07) is 20.2. The zero-order valence-corrected chi connectivity index (χ0v) is 21.9. The van der Waals surface area contributed by atoms with Gasteiger partial charge in [0.25, 0.3) is 0 Å². The number of benzene rings is 3. The topological polar surface area (TPSA) is 89.4 Å². The SMILES string of the molecule is Cc1ccccc1CCN(C(=O)Cn1nnc2ccccc21)[C@@H](C(=O)NC[C@H]1CCCO1)c1ccccc1F. The molecule has 2 heterocycles. The van der Waals surface area contributed by atoms with Crippen molar-refractivity contribution < 1.29 is 18.7 Å². The van der Waals surface area contributed by atoms with Crippen LogP contribution in [0.1, 0.15) is 35.6 Å². The van der Waals surface area contributed by atoms with E-state index < -0.39 is 17.8 Å². The van der Waals surface area contributed by atoms with Crippen molar-refractivity contribution in [3.63, 3.8) is 0 Å². The minimum Gasteiger partial charge on any atom is -0.376 e. The number of ether oxygens (including phenoxy) is 1. The number of aryl methyl sites for hydroxylation is 1. The van der Waals surface area contributed by atoms with Crippen LogP contribution in [0.4, 0.5) is 4.39 Å². The number of fused-ring (bicyclic) bond motifs is 1. The van der Waals surface area contributed by atoms with Crippen molar-refractivity contribution in [1.82, 2.24) is 25.2 Å². The number of para-hydroxylation sites is 1. The number of hydrogen-bond donors (Lipinski definition) is 1. The quantitative estimate of drug-likeness (QED) is 0.336. The van der Waals surface area contributed by atoms with Crippen molar-refractivity contribution in [1.29, 1.82) is 0 Å². The first-order valence-electron chi connectivity index (χ1n) is 13.3. The molecule has 2 amide bonds. The fourth-order valence-electron chi connectivity index (χ4n) is 5.05. The van der Waals surface area contributed by atoms with Gasteiger partial charge in [-0.2, -0.15) is 0 Å². The Morgan fingerprint density at radius 3 is 2.67 bits per heavy atom. The lowest BCUT2D eigenvalue weighted by molar-refractivity contribution is -0.141. The molecule has 5 rings (SSSR count). The largest absolute Gasteiger partial charge is 0.376 e. The van der Waals surface area contributed by atoms with Gasteiger partial charge in [-0.3, -0.25) is 9.59 Å². The molecule has 39 heavy (non-hydrogen) atoms. The van der Waals surface area contributed by atoms with Crippen molar-refractivity contribution in [3.05, 3.63) is 95.3 Å². The maximum absolute atomic E-state index is 15.2. The Morgan fingerprint density at radius 1 is 1.10 bits per heavy atom. The van der Waals surface area contributed by atoms with E-state index in [1.165, 1.54) is 15.6 Å². The van der Waals surface area contributed by atoms with E-state index in [1.54, 1.807) is 18.2 Å². The molecule has 4 aromatic rings. The van der Waals surface area contributed by atoms with E-state index in [0.717, 1.165) is 24.0 Å². The normalized spacial score (nSPS) is 15.8. The van der Waals surface area contributed by atoms with Crippen LogP contribution in [0.5, 0.6) is 0 Å². The molecule has 8 nitrogen and oxygen atoms in total. The molecular weight excluding hydrogens is 497 g/mol. The van der Waals surface area contributed by atoms with Crippen molar-refractivity contribution in [3.8, 4) is 0 Å². The lowest BCUT2D eigenvalue weighted by Crippen LogP contribution is -2.47. The number of amides is 2. The van der Waals surface area contributed by atoms with Gasteiger partial charge in [-0.05, 0) is 55.5 Å². The van der Waals surface area contributed by atoms with E-state index in [4.69, 9.17) is 4.74 Å². The Kier molecular flexibility index (Phi) is 8.27. The second-order valence-electron chi connectivity index (χ2n) is 9.80. The lowest BCUT2D eigenvalue weighted by atomic mass is 10.0. The molecule has 1 aliphatic rings. The molecule has 9 heteroatoms. The fourth-order valence-corrected chi connectivity index (χ4v) is 5.05. The summed E-state index contributed by atoms with van der Waals surface area (Å²) in [4.78, 5) is 29.2. The van der Waals surface area contributed by atoms with Gasteiger partial charge in [-0.15, -0.1) is 5.10 Å².